The fraction of sp³-hybridized carbons (Fsp3) is 0.750. The molecule has 0 unspecified atom stereocenters. The van der Waals surface area contributed by atoms with Crippen molar-refractivity contribution in [1.82, 2.24) is 20.0 Å². The molecule has 0 bridgehead atoms. The van der Waals surface area contributed by atoms with E-state index in [2.05, 4.69) is 28.9 Å². The number of aryl methyl sites for hydroxylation is 1. The van der Waals surface area contributed by atoms with Crippen molar-refractivity contribution in [1.29, 1.82) is 0 Å². The minimum absolute atomic E-state index is 0.0720. The van der Waals surface area contributed by atoms with Crippen LogP contribution in [0.4, 0.5) is 5.69 Å². The van der Waals surface area contributed by atoms with Crippen molar-refractivity contribution >= 4 is 11.6 Å². The van der Waals surface area contributed by atoms with E-state index in [9.17, 15) is 14.9 Å². The highest BCUT2D eigenvalue weighted by atomic mass is 16.6. The zero-order chi connectivity index (χ0) is 17.9. The normalized spacial score (nSPS) is 16.5. The van der Waals surface area contributed by atoms with Gasteiger partial charge in [0.25, 0.3) is 5.91 Å². The Kier molecular flexibility index (Phi) is 5.93. The van der Waals surface area contributed by atoms with Gasteiger partial charge in [-0.1, -0.05) is 13.3 Å². The summed E-state index contributed by atoms with van der Waals surface area (Å²) >= 11 is 0. The number of carbonyl (C=O) groups is 1. The minimum atomic E-state index is -0.503. The summed E-state index contributed by atoms with van der Waals surface area (Å²) < 4.78 is 0. The van der Waals surface area contributed by atoms with Crippen molar-refractivity contribution < 1.29 is 9.72 Å². The van der Waals surface area contributed by atoms with E-state index < -0.39 is 4.92 Å². The molecule has 1 aliphatic heterocycles. The van der Waals surface area contributed by atoms with Crippen LogP contribution in [0.5, 0.6) is 0 Å². The maximum absolute atomic E-state index is 12.7. The molecule has 1 amide bonds. The van der Waals surface area contributed by atoms with Crippen molar-refractivity contribution in [2.45, 2.75) is 58.5 Å². The summed E-state index contributed by atoms with van der Waals surface area (Å²) in [4.78, 5) is 27.6. The molecule has 8 heteroatoms. The largest absolute Gasteiger partial charge is 0.337 e. The Bertz CT molecular complexity index is 591. The lowest BCUT2D eigenvalue weighted by atomic mass is 10.0. The SMILES string of the molecule is CCCc1[nH]nc(C(=O)N(C)C2CCN(C(C)C)CC2)c1[N+](=O)[O-]. The molecule has 1 saturated heterocycles. The Morgan fingerprint density at radius 1 is 1.46 bits per heavy atom. The van der Waals surface area contributed by atoms with Gasteiger partial charge in [0, 0.05) is 32.2 Å². The fourth-order valence-electron chi connectivity index (χ4n) is 3.26. The maximum Gasteiger partial charge on any atom is 0.322 e. The molecule has 0 spiro atoms. The van der Waals surface area contributed by atoms with Crippen LogP contribution in [0.2, 0.25) is 0 Å². The number of hydrogen-bond donors (Lipinski definition) is 1. The van der Waals surface area contributed by atoms with Crippen molar-refractivity contribution in [3.63, 3.8) is 0 Å². The van der Waals surface area contributed by atoms with Gasteiger partial charge >= 0.3 is 5.69 Å². The number of piperidine rings is 1. The van der Waals surface area contributed by atoms with Gasteiger partial charge in [0.05, 0.1) is 4.92 Å². The Hall–Kier alpha value is -1.96. The summed E-state index contributed by atoms with van der Waals surface area (Å²) in [6.45, 7) is 8.13. The molecular formula is C16H27N5O3. The Labute approximate surface area is 142 Å². The molecule has 2 rings (SSSR count). The zero-order valence-corrected chi connectivity index (χ0v) is 14.9. The molecule has 0 aliphatic carbocycles. The summed E-state index contributed by atoms with van der Waals surface area (Å²) in [6.07, 6.45) is 3.01. The number of aromatic amines is 1. The highest BCUT2D eigenvalue weighted by molar-refractivity contribution is 5.96. The van der Waals surface area contributed by atoms with Crippen LogP contribution in [-0.4, -0.2) is 63.0 Å². The number of H-pyrrole nitrogens is 1. The number of carbonyl (C=O) groups excluding carboxylic acids is 1. The molecule has 1 aliphatic rings. The molecule has 2 heterocycles. The molecule has 1 aromatic heterocycles. The fourth-order valence-corrected chi connectivity index (χ4v) is 3.26. The Morgan fingerprint density at radius 2 is 2.08 bits per heavy atom. The van der Waals surface area contributed by atoms with E-state index in [-0.39, 0.29) is 23.3 Å². The van der Waals surface area contributed by atoms with E-state index in [1.165, 1.54) is 0 Å². The first-order valence-electron chi connectivity index (χ1n) is 8.59. The average molecular weight is 337 g/mol. The number of rotatable bonds is 6. The van der Waals surface area contributed by atoms with Crippen LogP contribution in [0.15, 0.2) is 0 Å². The third-order valence-electron chi connectivity index (χ3n) is 4.80. The second kappa shape index (κ2) is 7.74. The summed E-state index contributed by atoms with van der Waals surface area (Å²) in [5.41, 5.74) is 0.180. The highest BCUT2D eigenvalue weighted by Crippen LogP contribution is 2.25. The monoisotopic (exact) mass is 337 g/mol. The topological polar surface area (TPSA) is 95.4 Å². The third kappa shape index (κ3) is 3.75. The van der Waals surface area contributed by atoms with Crippen LogP contribution in [0.1, 0.15) is 56.2 Å². The smallest absolute Gasteiger partial charge is 0.322 e. The molecule has 0 radical (unpaired) electrons. The molecule has 0 atom stereocenters. The van der Waals surface area contributed by atoms with Crippen LogP contribution in [-0.2, 0) is 6.42 Å². The first-order chi connectivity index (χ1) is 11.4. The standard InChI is InChI=1S/C16H27N5O3/c1-5-6-13-15(21(23)24)14(18-17-13)16(22)19(4)12-7-9-20(10-8-12)11(2)3/h11-12H,5-10H2,1-4H3,(H,17,18). The molecule has 134 valence electrons. The lowest BCUT2D eigenvalue weighted by Gasteiger charge is -2.38. The number of nitro groups is 1. The van der Waals surface area contributed by atoms with Gasteiger partial charge in [-0.05, 0) is 33.1 Å². The number of likely N-dealkylation sites (tertiary alicyclic amines) is 1. The highest BCUT2D eigenvalue weighted by Gasteiger charge is 2.34. The second-order valence-electron chi connectivity index (χ2n) is 6.68. The number of hydrogen-bond acceptors (Lipinski definition) is 5. The van der Waals surface area contributed by atoms with Gasteiger partial charge in [-0.25, -0.2) is 0 Å². The first kappa shape index (κ1) is 18.4. The lowest BCUT2D eigenvalue weighted by molar-refractivity contribution is -0.385. The van der Waals surface area contributed by atoms with Crippen LogP contribution in [0.25, 0.3) is 0 Å². The average Bonchev–Trinajstić information content (AvgIpc) is 2.98. The second-order valence-corrected chi connectivity index (χ2v) is 6.68. The quantitative estimate of drug-likeness (QED) is 0.634. The van der Waals surface area contributed by atoms with Crippen molar-refractivity contribution in [2.75, 3.05) is 20.1 Å². The van der Waals surface area contributed by atoms with E-state index in [1.807, 2.05) is 6.92 Å². The van der Waals surface area contributed by atoms with E-state index in [0.717, 1.165) is 32.4 Å². The number of nitrogens with one attached hydrogen (secondary N) is 1. The summed E-state index contributed by atoms with van der Waals surface area (Å²) in [5, 5.41) is 18.0. The first-order valence-corrected chi connectivity index (χ1v) is 8.59. The third-order valence-corrected chi connectivity index (χ3v) is 4.80. The van der Waals surface area contributed by atoms with Crippen LogP contribution in [0, 0.1) is 10.1 Å². The van der Waals surface area contributed by atoms with Gasteiger partial charge in [0.2, 0.25) is 5.69 Å². The Balaban J connectivity index is 2.13. The zero-order valence-electron chi connectivity index (χ0n) is 14.9. The predicted octanol–water partition coefficient (Wildman–Crippen LogP) is 2.22. The van der Waals surface area contributed by atoms with E-state index in [0.29, 0.717) is 18.2 Å². The van der Waals surface area contributed by atoms with Crippen LogP contribution >= 0.6 is 0 Å². The number of amides is 1. The molecule has 0 saturated carbocycles. The van der Waals surface area contributed by atoms with Crippen molar-refractivity contribution in [3.05, 3.63) is 21.5 Å². The molecule has 8 nitrogen and oxygen atoms in total. The van der Waals surface area contributed by atoms with Crippen molar-refractivity contribution in [3.8, 4) is 0 Å². The minimum Gasteiger partial charge on any atom is -0.337 e. The number of nitrogens with zero attached hydrogens (tertiary/aromatic N) is 4. The van der Waals surface area contributed by atoms with E-state index in [1.54, 1.807) is 11.9 Å². The molecule has 1 aromatic rings. The molecule has 0 aromatic carbocycles. The van der Waals surface area contributed by atoms with Gasteiger partial charge in [0.1, 0.15) is 5.69 Å². The van der Waals surface area contributed by atoms with Gasteiger partial charge in [-0.3, -0.25) is 20.0 Å². The lowest BCUT2D eigenvalue weighted by Crippen LogP contribution is -2.47. The summed E-state index contributed by atoms with van der Waals surface area (Å²) in [7, 11) is 1.72. The van der Waals surface area contributed by atoms with Crippen molar-refractivity contribution in [2.24, 2.45) is 0 Å². The van der Waals surface area contributed by atoms with Crippen LogP contribution in [0.3, 0.4) is 0 Å². The Morgan fingerprint density at radius 3 is 2.58 bits per heavy atom. The van der Waals surface area contributed by atoms with E-state index >= 15 is 0 Å². The van der Waals surface area contributed by atoms with Gasteiger partial charge in [-0.15, -0.1) is 0 Å². The molecule has 24 heavy (non-hydrogen) atoms. The summed E-state index contributed by atoms with van der Waals surface area (Å²) in [5.74, 6) is -0.372. The summed E-state index contributed by atoms with van der Waals surface area (Å²) in [6, 6.07) is 0.592. The molecule has 1 fully saturated rings. The molecule has 1 N–H and O–H groups in total. The molecular weight excluding hydrogens is 310 g/mol. The van der Waals surface area contributed by atoms with Gasteiger partial charge in [0.15, 0.2) is 0 Å². The van der Waals surface area contributed by atoms with Crippen LogP contribution < -0.4 is 0 Å². The number of aromatic nitrogens is 2. The van der Waals surface area contributed by atoms with Gasteiger partial charge in [-0.2, -0.15) is 5.10 Å². The predicted molar refractivity (Wildman–Crippen MR) is 91.1 cm³/mol. The van der Waals surface area contributed by atoms with Gasteiger partial charge < -0.3 is 9.80 Å². The maximum atomic E-state index is 12.7. The van der Waals surface area contributed by atoms with E-state index in [4.69, 9.17) is 0 Å².